The highest BCUT2D eigenvalue weighted by atomic mass is 16.7. The van der Waals surface area contributed by atoms with Crippen molar-refractivity contribution in [3.8, 4) is 0 Å². The van der Waals surface area contributed by atoms with Gasteiger partial charge in [0.15, 0.2) is 0 Å². The Bertz CT molecular complexity index is 874. The van der Waals surface area contributed by atoms with Crippen LogP contribution in [0.3, 0.4) is 0 Å². The molecular formula is C24H34N2O6. The first-order valence-corrected chi connectivity index (χ1v) is 11.4. The first kappa shape index (κ1) is 24.2. The fourth-order valence-electron chi connectivity index (χ4n) is 4.35. The summed E-state index contributed by atoms with van der Waals surface area (Å²) in [6.45, 7) is 4.91. The van der Waals surface area contributed by atoms with Gasteiger partial charge in [0.25, 0.3) is 5.91 Å². The van der Waals surface area contributed by atoms with Gasteiger partial charge in [-0.05, 0) is 51.0 Å². The van der Waals surface area contributed by atoms with E-state index in [1.165, 1.54) is 6.26 Å². The van der Waals surface area contributed by atoms with Crippen molar-refractivity contribution in [2.45, 2.75) is 57.9 Å². The quantitative estimate of drug-likeness (QED) is 0.210. The van der Waals surface area contributed by atoms with E-state index in [0.29, 0.717) is 23.7 Å². The smallest absolute Gasteiger partial charge is 0.251 e. The fraction of sp³-hybridized carbons (Fsp3) is 0.583. The van der Waals surface area contributed by atoms with Crippen LogP contribution in [-0.4, -0.2) is 43.1 Å². The average Bonchev–Trinajstić information content (AvgIpc) is 3.23. The van der Waals surface area contributed by atoms with Gasteiger partial charge >= 0.3 is 0 Å². The van der Waals surface area contributed by atoms with Gasteiger partial charge in [-0.15, -0.1) is 0 Å². The highest BCUT2D eigenvalue weighted by molar-refractivity contribution is 5.90. The minimum atomic E-state index is -0.726. The normalized spacial score (nSPS) is 20.6. The van der Waals surface area contributed by atoms with E-state index in [9.17, 15) is 14.8 Å². The van der Waals surface area contributed by atoms with Crippen LogP contribution in [0.5, 0.6) is 0 Å². The molecular weight excluding hydrogens is 412 g/mol. The second-order valence-electron chi connectivity index (χ2n) is 8.60. The van der Waals surface area contributed by atoms with Gasteiger partial charge in [0, 0.05) is 23.5 Å². The summed E-state index contributed by atoms with van der Waals surface area (Å²) >= 11 is 0. The molecule has 1 saturated carbocycles. The molecule has 8 nitrogen and oxygen atoms in total. The maximum Gasteiger partial charge on any atom is 0.251 e. The van der Waals surface area contributed by atoms with Crippen LogP contribution in [0, 0.1) is 11.8 Å². The van der Waals surface area contributed by atoms with Crippen molar-refractivity contribution in [2.75, 3.05) is 20.0 Å². The van der Waals surface area contributed by atoms with E-state index in [4.69, 9.17) is 13.9 Å². The molecule has 2 unspecified atom stereocenters. The zero-order chi connectivity index (χ0) is 22.9. The molecule has 0 bridgehead atoms. The molecule has 32 heavy (non-hydrogen) atoms. The van der Waals surface area contributed by atoms with E-state index in [-0.39, 0.29) is 31.6 Å². The summed E-state index contributed by atoms with van der Waals surface area (Å²) in [5.41, 5.74) is 3.07. The molecule has 0 radical (unpaired) electrons. The number of fused-ring (bicyclic) bond motifs is 1. The molecule has 2 atom stereocenters. The maximum atomic E-state index is 13.0. The van der Waals surface area contributed by atoms with Crippen molar-refractivity contribution >= 4 is 22.8 Å². The summed E-state index contributed by atoms with van der Waals surface area (Å²) in [6.07, 6.45) is 5.60. The molecule has 1 heterocycles. The molecule has 0 saturated heterocycles. The molecule has 1 aromatic carbocycles. The van der Waals surface area contributed by atoms with Crippen molar-refractivity contribution in [3.05, 3.63) is 36.1 Å². The van der Waals surface area contributed by atoms with Gasteiger partial charge in [0.2, 0.25) is 5.91 Å². The first-order chi connectivity index (χ1) is 15.5. The summed E-state index contributed by atoms with van der Waals surface area (Å²) in [5, 5.41) is 13.3. The maximum absolute atomic E-state index is 13.0. The largest absolute Gasteiger partial charge is 0.464 e. The second kappa shape index (κ2) is 12.0. The van der Waals surface area contributed by atoms with Gasteiger partial charge in [-0.2, -0.15) is 0 Å². The number of hydroxylamine groups is 1. The predicted molar refractivity (Wildman–Crippen MR) is 119 cm³/mol. The molecule has 176 valence electrons. The van der Waals surface area contributed by atoms with Crippen LogP contribution in [0.25, 0.3) is 11.0 Å². The zero-order valence-electron chi connectivity index (χ0n) is 18.8. The van der Waals surface area contributed by atoms with E-state index in [2.05, 4.69) is 12.2 Å². The molecule has 0 spiro atoms. The van der Waals surface area contributed by atoms with Crippen molar-refractivity contribution in [1.29, 1.82) is 0 Å². The van der Waals surface area contributed by atoms with E-state index in [1.54, 1.807) is 5.48 Å². The molecule has 8 heteroatoms. The summed E-state index contributed by atoms with van der Waals surface area (Å²) < 4.78 is 16.5. The molecule has 3 rings (SSSR count). The summed E-state index contributed by atoms with van der Waals surface area (Å²) in [6, 6.07) is 6.98. The Morgan fingerprint density at radius 3 is 2.66 bits per heavy atom. The Labute approximate surface area is 188 Å². The minimum Gasteiger partial charge on any atom is -0.464 e. The number of rotatable bonds is 11. The lowest BCUT2D eigenvalue weighted by Gasteiger charge is -2.28. The Morgan fingerprint density at radius 1 is 1.19 bits per heavy atom. The lowest BCUT2D eigenvalue weighted by Crippen LogP contribution is -2.44. The van der Waals surface area contributed by atoms with E-state index in [0.717, 1.165) is 31.1 Å². The number of ether oxygens (including phenoxy) is 2. The van der Waals surface area contributed by atoms with Gasteiger partial charge in [-0.3, -0.25) is 14.8 Å². The monoisotopic (exact) mass is 446 g/mol. The lowest BCUT2D eigenvalue weighted by atomic mass is 9.82. The first-order valence-electron chi connectivity index (χ1n) is 11.4. The van der Waals surface area contributed by atoms with Crippen molar-refractivity contribution in [2.24, 2.45) is 11.8 Å². The number of nitrogens with one attached hydrogen (secondary N) is 2. The third-order valence-electron chi connectivity index (χ3n) is 6.26. The number of carbonyl (C=O) groups excluding carboxylic acids is 2. The number of para-hydroxylation sites is 1. The summed E-state index contributed by atoms with van der Waals surface area (Å²) in [7, 11) is 0. The summed E-state index contributed by atoms with van der Waals surface area (Å²) in [4.78, 5) is 25.6. The minimum absolute atomic E-state index is 0.0119. The molecule has 1 aromatic heterocycles. The Morgan fingerprint density at radius 2 is 1.94 bits per heavy atom. The van der Waals surface area contributed by atoms with Gasteiger partial charge in [0.05, 0.1) is 24.8 Å². The molecule has 1 aliphatic carbocycles. The molecule has 3 N–H and O–H groups in total. The number of furan rings is 1. The Balaban J connectivity index is 1.76. The van der Waals surface area contributed by atoms with Crippen LogP contribution in [0.4, 0.5) is 0 Å². The van der Waals surface area contributed by atoms with Crippen LogP contribution < -0.4 is 10.8 Å². The van der Waals surface area contributed by atoms with Gasteiger partial charge in [-0.25, -0.2) is 5.48 Å². The fourth-order valence-corrected chi connectivity index (χ4v) is 4.35. The Hall–Kier alpha value is -2.42. The van der Waals surface area contributed by atoms with E-state index < -0.39 is 17.9 Å². The predicted octanol–water partition coefficient (Wildman–Crippen LogP) is 3.73. The summed E-state index contributed by atoms with van der Waals surface area (Å²) in [5.74, 6) is -0.679. The zero-order valence-corrected chi connectivity index (χ0v) is 18.8. The van der Waals surface area contributed by atoms with E-state index >= 15 is 0 Å². The lowest BCUT2D eigenvalue weighted by molar-refractivity contribution is -0.132. The van der Waals surface area contributed by atoms with Crippen molar-refractivity contribution in [1.82, 2.24) is 10.8 Å². The standard InChI is InChI=1S/C24H34N2O6/c1-3-30-15-31-13-18(25-23(27)17-10-8-16(2)9-11-17)12-20(24(28)26-29)21-14-32-22-7-5-4-6-19(21)22/h4-7,14,16-18,20,29H,3,8-13,15H2,1-2H3,(H,25,27)(H,26,28). The van der Waals surface area contributed by atoms with Crippen LogP contribution in [-0.2, 0) is 19.1 Å². The Kier molecular flexibility index (Phi) is 9.08. The van der Waals surface area contributed by atoms with Crippen LogP contribution in [0.1, 0.15) is 57.4 Å². The van der Waals surface area contributed by atoms with Crippen LogP contribution in [0.2, 0.25) is 0 Å². The topological polar surface area (TPSA) is 110 Å². The molecule has 1 fully saturated rings. The molecule has 0 aliphatic heterocycles. The highest BCUT2D eigenvalue weighted by Crippen LogP contribution is 2.32. The van der Waals surface area contributed by atoms with Crippen LogP contribution in [0.15, 0.2) is 34.9 Å². The van der Waals surface area contributed by atoms with Crippen molar-refractivity contribution in [3.63, 3.8) is 0 Å². The van der Waals surface area contributed by atoms with Crippen LogP contribution >= 0.6 is 0 Å². The highest BCUT2D eigenvalue weighted by Gasteiger charge is 2.31. The molecule has 2 amide bonds. The number of hydrogen-bond donors (Lipinski definition) is 3. The van der Waals surface area contributed by atoms with Gasteiger partial charge in [0.1, 0.15) is 12.4 Å². The molecule has 1 aliphatic rings. The number of hydrogen-bond acceptors (Lipinski definition) is 6. The van der Waals surface area contributed by atoms with Gasteiger partial charge < -0.3 is 19.2 Å². The second-order valence-corrected chi connectivity index (χ2v) is 8.60. The number of carbonyl (C=O) groups is 2. The average molecular weight is 447 g/mol. The van der Waals surface area contributed by atoms with Crippen molar-refractivity contribution < 1.29 is 28.7 Å². The van der Waals surface area contributed by atoms with E-state index in [1.807, 2.05) is 31.2 Å². The molecule has 2 aromatic rings. The third-order valence-corrected chi connectivity index (χ3v) is 6.26. The third kappa shape index (κ3) is 6.31. The number of benzene rings is 1. The SMILES string of the molecule is CCOCOCC(CC(C(=O)NO)c1coc2ccccc12)NC(=O)C1CCC(C)CC1. The number of amides is 2. The van der Waals surface area contributed by atoms with Gasteiger partial charge in [-0.1, -0.05) is 25.1 Å².